The van der Waals surface area contributed by atoms with Crippen molar-refractivity contribution in [2.45, 2.75) is 25.8 Å². The summed E-state index contributed by atoms with van der Waals surface area (Å²) in [5.41, 5.74) is -0.216. The highest BCUT2D eigenvalue weighted by Crippen LogP contribution is 2.22. The fourth-order valence-corrected chi connectivity index (χ4v) is 1.42. The second-order valence-electron chi connectivity index (χ2n) is 3.90. The number of carboxylic acid groups (broad SMARTS) is 1. The summed E-state index contributed by atoms with van der Waals surface area (Å²) >= 11 is 0. The summed E-state index contributed by atoms with van der Waals surface area (Å²) in [6.07, 6.45) is 0.252. The van der Waals surface area contributed by atoms with Crippen molar-refractivity contribution < 1.29 is 19.2 Å². The maximum absolute atomic E-state index is 13.4. The van der Waals surface area contributed by atoms with Crippen LogP contribution in [0.2, 0.25) is 0 Å². The van der Waals surface area contributed by atoms with Gasteiger partial charge in [0.15, 0.2) is 0 Å². The molecule has 7 heteroatoms. The second-order valence-corrected chi connectivity index (χ2v) is 3.90. The summed E-state index contributed by atoms with van der Waals surface area (Å²) in [5.74, 6) is -1.55. The maximum atomic E-state index is 13.4. The molecule has 0 heterocycles. The number of halogens is 1. The molecule has 0 saturated heterocycles. The van der Waals surface area contributed by atoms with Gasteiger partial charge in [-0.05, 0) is 19.4 Å². The molecule has 0 spiro atoms. The standard InChI is InChI=1S/C11H13FN2O4/c1-7(2-5-11(15)16)13-10-6-8(14(17)18)3-4-9(10)12/h3-4,6-7,13H,2,5H2,1H3,(H,15,16). The van der Waals surface area contributed by atoms with E-state index in [1.165, 1.54) is 0 Å². The number of nitrogens with zero attached hydrogens (tertiary/aromatic N) is 1. The molecule has 1 atom stereocenters. The van der Waals surface area contributed by atoms with Gasteiger partial charge in [0.05, 0.1) is 10.6 Å². The number of aliphatic carboxylic acids is 1. The fourth-order valence-electron chi connectivity index (χ4n) is 1.42. The van der Waals surface area contributed by atoms with E-state index in [9.17, 15) is 19.3 Å². The third-order valence-electron chi connectivity index (χ3n) is 2.35. The lowest BCUT2D eigenvalue weighted by atomic mass is 10.1. The van der Waals surface area contributed by atoms with Gasteiger partial charge in [-0.3, -0.25) is 14.9 Å². The average molecular weight is 256 g/mol. The van der Waals surface area contributed by atoms with E-state index in [4.69, 9.17) is 5.11 Å². The monoisotopic (exact) mass is 256 g/mol. The number of carbonyl (C=O) groups is 1. The van der Waals surface area contributed by atoms with Gasteiger partial charge in [-0.2, -0.15) is 0 Å². The van der Waals surface area contributed by atoms with Gasteiger partial charge in [0.1, 0.15) is 5.82 Å². The number of rotatable bonds is 6. The predicted octanol–water partition coefficient (Wildman–Crippen LogP) is 2.40. The average Bonchev–Trinajstić information content (AvgIpc) is 2.29. The first-order chi connectivity index (χ1) is 8.40. The number of benzene rings is 1. The van der Waals surface area contributed by atoms with E-state index in [0.717, 1.165) is 18.2 Å². The number of non-ortho nitro benzene ring substituents is 1. The first kappa shape index (κ1) is 13.9. The molecule has 18 heavy (non-hydrogen) atoms. The Kier molecular flexibility index (Phi) is 4.59. The SMILES string of the molecule is CC(CCC(=O)O)Nc1cc([N+](=O)[O-])ccc1F. The summed E-state index contributed by atoms with van der Waals surface area (Å²) in [6.45, 7) is 1.68. The maximum Gasteiger partial charge on any atom is 0.303 e. The Labute approximate surface area is 103 Å². The van der Waals surface area contributed by atoms with Gasteiger partial charge in [-0.15, -0.1) is 0 Å². The van der Waals surface area contributed by atoms with E-state index in [1.807, 2.05) is 0 Å². The molecule has 0 saturated carbocycles. The number of carboxylic acids is 1. The molecule has 1 rings (SSSR count). The number of nitrogens with one attached hydrogen (secondary N) is 1. The van der Waals surface area contributed by atoms with E-state index in [-0.39, 0.29) is 23.8 Å². The van der Waals surface area contributed by atoms with Crippen molar-refractivity contribution in [2.24, 2.45) is 0 Å². The van der Waals surface area contributed by atoms with E-state index < -0.39 is 16.7 Å². The highest BCUT2D eigenvalue weighted by atomic mass is 19.1. The Morgan fingerprint density at radius 3 is 2.83 bits per heavy atom. The van der Waals surface area contributed by atoms with Crippen molar-refractivity contribution in [3.8, 4) is 0 Å². The molecule has 1 aromatic rings. The molecule has 2 N–H and O–H groups in total. The normalized spacial score (nSPS) is 11.9. The third-order valence-corrected chi connectivity index (χ3v) is 2.35. The smallest absolute Gasteiger partial charge is 0.303 e. The van der Waals surface area contributed by atoms with Crippen LogP contribution in [0, 0.1) is 15.9 Å². The third kappa shape index (κ3) is 4.00. The van der Waals surface area contributed by atoms with Crippen LogP contribution in [0.25, 0.3) is 0 Å². The van der Waals surface area contributed by atoms with Crippen molar-refractivity contribution in [3.05, 3.63) is 34.1 Å². The van der Waals surface area contributed by atoms with Gasteiger partial charge in [-0.1, -0.05) is 0 Å². The highest BCUT2D eigenvalue weighted by Gasteiger charge is 2.13. The summed E-state index contributed by atoms with van der Waals surface area (Å²) in [4.78, 5) is 20.3. The Morgan fingerprint density at radius 1 is 1.61 bits per heavy atom. The van der Waals surface area contributed by atoms with Crippen molar-refractivity contribution in [2.75, 3.05) is 5.32 Å². The summed E-state index contributed by atoms with van der Waals surface area (Å²) < 4.78 is 13.4. The second kappa shape index (κ2) is 5.95. The number of anilines is 1. The van der Waals surface area contributed by atoms with Gasteiger partial charge in [0, 0.05) is 24.6 Å². The summed E-state index contributed by atoms with van der Waals surface area (Å²) in [7, 11) is 0. The molecule has 6 nitrogen and oxygen atoms in total. The van der Waals surface area contributed by atoms with Gasteiger partial charge in [-0.25, -0.2) is 4.39 Å². The van der Waals surface area contributed by atoms with Crippen LogP contribution in [0.4, 0.5) is 15.8 Å². The van der Waals surface area contributed by atoms with Crippen LogP contribution in [0.1, 0.15) is 19.8 Å². The van der Waals surface area contributed by atoms with Crippen LogP contribution in [-0.4, -0.2) is 22.0 Å². The van der Waals surface area contributed by atoms with E-state index in [1.54, 1.807) is 6.92 Å². The molecule has 0 aliphatic rings. The summed E-state index contributed by atoms with van der Waals surface area (Å²) in [6, 6.07) is 2.87. The lowest BCUT2D eigenvalue weighted by Gasteiger charge is -2.14. The van der Waals surface area contributed by atoms with Crippen LogP contribution in [0.15, 0.2) is 18.2 Å². The van der Waals surface area contributed by atoms with Crippen molar-refractivity contribution in [1.29, 1.82) is 0 Å². The minimum absolute atomic E-state index is 0.00193. The van der Waals surface area contributed by atoms with Crippen molar-refractivity contribution >= 4 is 17.3 Å². The number of nitro groups is 1. The van der Waals surface area contributed by atoms with Crippen LogP contribution in [0.5, 0.6) is 0 Å². The molecule has 0 bridgehead atoms. The van der Waals surface area contributed by atoms with Gasteiger partial charge < -0.3 is 10.4 Å². The van der Waals surface area contributed by atoms with Crippen molar-refractivity contribution in [1.82, 2.24) is 0 Å². The van der Waals surface area contributed by atoms with Crippen LogP contribution < -0.4 is 5.32 Å². The van der Waals surface area contributed by atoms with Gasteiger partial charge >= 0.3 is 5.97 Å². The van der Waals surface area contributed by atoms with Gasteiger partial charge in [0.25, 0.3) is 5.69 Å². The van der Waals surface area contributed by atoms with E-state index in [0.29, 0.717) is 6.42 Å². The molecule has 0 amide bonds. The zero-order valence-corrected chi connectivity index (χ0v) is 9.72. The lowest BCUT2D eigenvalue weighted by Crippen LogP contribution is -2.17. The van der Waals surface area contributed by atoms with Crippen LogP contribution in [-0.2, 0) is 4.79 Å². The Balaban J connectivity index is 2.73. The van der Waals surface area contributed by atoms with Crippen LogP contribution >= 0.6 is 0 Å². The number of nitro benzene ring substituents is 1. The molecule has 1 aromatic carbocycles. The predicted molar refractivity (Wildman–Crippen MR) is 63.0 cm³/mol. The van der Waals surface area contributed by atoms with Gasteiger partial charge in [0.2, 0.25) is 0 Å². The molecular weight excluding hydrogens is 243 g/mol. The minimum atomic E-state index is -0.942. The van der Waals surface area contributed by atoms with E-state index >= 15 is 0 Å². The lowest BCUT2D eigenvalue weighted by molar-refractivity contribution is -0.384. The quantitative estimate of drug-likeness (QED) is 0.602. The zero-order chi connectivity index (χ0) is 13.7. The Bertz CT molecular complexity index is 464. The number of hydrogen-bond acceptors (Lipinski definition) is 4. The Hall–Kier alpha value is -2.18. The van der Waals surface area contributed by atoms with Crippen LogP contribution in [0.3, 0.4) is 0 Å². The minimum Gasteiger partial charge on any atom is -0.481 e. The Morgan fingerprint density at radius 2 is 2.28 bits per heavy atom. The number of hydrogen-bond donors (Lipinski definition) is 2. The largest absolute Gasteiger partial charge is 0.481 e. The zero-order valence-electron chi connectivity index (χ0n) is 9.72. The molecule has 0 fully saturated rings. The molecule has 0 radical (unpaired) electrons. The first-order valence-corrected chi connectivity index (χ1v) is 5.32. The molecule has 0 aliphatic carbocycles. The molecule has 0 aliphatic heterocycles. The fraction of sp³-hybridized carbons (Fsp3) is 0.364. The molecule has 0 aromatic heterocycles. The highest BCUT2D eigenvalue weighted by molar-refractivity contribution is 5.66. The molecule has 98 valence electrons. The van der Waals surface area contributed by atoms with E-state index in [2.05, 4.69) is 5.32 Å². The molecule has 1 unspecified atom stereocenters. The summed E-state index contributed by atoms with van der Waals surface area (Å²) in [5, 5.41) is 21.8. The first-order valence-electron chi connectivity index (χ1n) is 5.32. The topological polar surface area (TPSA) is 92.5 Å². The van der Waals surface area contributed by atoms with Crippen molar-refractivity contribution in [3.63, 3.8) is 0 Å². The molecular formula is C11H13FN2O4.